The van der Waals surface area contributed by atoms with E-state index in [2.05, 4.69) is 0 Å². The molecule has 0 radical (unpaired) electrons. The van der Waals surface area contributed by atoms with Crippen LogP contribution in [0.15, 0.2) is 35.4 Å². The van der Waals surface area contributed by atoms with E-state index in [0.717, 1.165) is 11.1 Å². The monoisotopic (exact) mass is 245 g/mol. The van der Waals surface area contributed by atoms with Crippen molar-refractivity contribution in [1.29, 1.82) is 0 Å². The Morgan fingerprint density at radius 1 is 1.33 bits per heavy atom. The summed E-state index contributed by atoms with van der Waals surface area (Å²) in [5.74, 6) is -0.443. The number of hydrogen-bond donors (Lipinski definition) is 1. The maximum absolute atomic E-state index is 11.7. The summed E-state index contributed by atoms with van der Waals surface area (Å²) >= 11 is 0. The van der Waals surface area contributed by atoms with Crippen molar-refractivity contribution in [2.24, 2.45) is 12.8 Å². The van der Waals surface area contributed by atoms with E-state index in [0.29, 0.717) is 12.1 Å². The third-order valence-electron chi connectivity index (χ3n) is 2.99. The fraction of sp³-hybridized carbons (Fsp3) is 0.231. The van der Waals surface area contributed by atoms with E-state index in [4.69, 9.17) is 5.73 Å². The Kier molecular flexibility index (Phi) is 3.06. The van der Waals surface area contributed by atoms with Crippen LogP contribution in [0.2, 0.25) is 0 Å². The van der Waals surface area contributed by atoms with Crippen molar-refractivity contribution in [1.82, 2.24) is 9.13 Å². The summed E-state index contributed by atoms with van der Waals surface area (Å²) in [6.07, 6.45) is 3.46. The lowest BCUT2D eigenvalue weighted by Gasteiger charge is -2.07. The molecule has 2 N–H and O–H groups in total. The van der Waals surface area contributed by atoms with Gasteiger partial charge in [0.1, 0.15) is 0 Å². The number of nitrogens with zero attached hydrogens (tertiary/aromatic N) is 2. The molecule has 0 bridgehead atoms. The molecule has 0 atom stereocenters. The van der Waals surface area contributed by atoms with Gasteiger partial charge in [-0.2, -0.15) is 0 Å². The van der Waals surface area contributed by atoms with Gasteiger partial charge in [0, 0.05) is 25.0 Å². The van der Waals surface area contributed by atoms with Crippen LogP contribution in [0.3, 0.4) is 0 Å². The Bertz CT molecular complexity index is 652. The first-order valence-electron chi connectivity index (χ1n) is 5.60. The molecule has 5 nitrogen and oxygen atoms in total. The summed E-state index contributed by atoms with van der Waals surface area (Å²) in [4.78, 5) is 22.8. The first-order valence-corrected chi connectivity index (χ1v) is 5.60. The van der Waals surface area contributed by atoms with Gasteiger partial charge in [-0.1, -0.05) is 6.07 Å². The van der Waals surface area contributed by atoms with Crippen molar-refractivity contribution in [3.8, 4) is 0 Å². The van der Waals surface area contributed by atoms with Crippen molar-refractivity contribution in [2.75, 3.05) is 0 Å². The third-order valence-corrected chi connectivity index (χ3v) is 2.99. The summed E-state index contributed by atoms with van der Waals surface area (Å²) in [5.41, 5.74) is 7.58. The molecule has 2 aromatic rings. The Hall–Kier alpha value is -2.30. The van der Waals surface area contributed by atoms with Crippen LogP contribution in [-0.4, -0.2) is 15.0 Å². The minimum atomic E-state index is -0.443. The van der Waals surface area contributed by atoms with Crippen LogP contribution < -0.4 is 11.4 Å². The van der Waals surface area contributed by atoms with Crippen LogP contribution in [0.25, 0.3) is 0 Å². The van der Waals surface area contributed by atoms with Gasteiger partial charge < -0.3 is 10.3 Å². The number of amides is 1. The van der Waals surface area contributed by atoms with Crippen LogP contribution in [0.5, 0.6) is 0 Å². The highest BCUT2D eigenvalue weighted by Crippen LogP contribution is 2.11. The highest BCUT2D eigenvalue weighted by Gasteiger charge is 2.06. The molecule has 94 valence electrons. The maximum atomic E-state index is 11.7. The molecule has 0 spiro atoms. The highest BCUT2D eigenvalue weighted by atomic mass is 16.2. The van der Waals surface area contributed by atoms with E-state index < -0.39 is 5.91 Å². The molecule has 0 aliphatic rings. The Morgan fingerprint density at radius 3 is 2.56 bits per heavy atom. The zero-order chi connectivity index (χ0) is 13.3. The largest absolute Gasteiger partial charge is 0.366 e. The number of nitrogens with two attached hydrogens (primary N) is 1. The second-order valence-electron chi connectivity index (χ2n) is 4.33. The zero-order valence-corrected chi connectivity index (χ0v) is 10.4. The number of carbonyl (C=O) groups is 1. The number of imidazole rings is 1. The van der Waals surface area contributed by atoms with Gasteiger partial charge in [-0.05, 0) is 30.2 Å². The van der Waals surface area contributed by atoms with Crippen molar-refractivity contribution in [3.05, 3.63) is 57.8 Å². The normalized spacial score (nSPS) is 10.6. The quantitative estimate of drug-likeness (QED) is 0.862. The van der Waals surface area contributed by atoms with Crippen LogP contribution in [-0.2, 0) is 13.6 Å². The van der Waals surface area contributed by atoms with E-state index in [1.54, 1.807) is 36.1 Å². The Balaban J connectivity index is 2.33. The molecule has 0 saturated carbocycles. The van der Waals surface area contributed by atoms with E-state index in [9.17, 15) is 9.59 Å². The molecule has 2 rings (SSSR count). The minimum Gasteiger partial charge on any atom is -0.366 e. The SMILES string of the molecule is Cc1cc(C(N)=O)ccc1Cn1ccn(C)c1=O. The van der Waals surface area contributed by atoms with Gasteiger partial charge in [0.15, 0.2) is 0 Å². The van der Waals surface area contributed by atoms with Crippen LogP contribution >= 0.6 is 0 Å². The summed E-state index contributed by atoms with van der Waals surface area (Å²) in [7, 11) is 1.71. The van der Waals surface area contributed by atoms with Gasteiger partial charge in [-0.25, -0.2) is 4.79 Å². The number of hydrogen-bond acceptors (Lipinski definition) is 2. The first-order chi connectivity index (χ1) is 8.49. The molecule has 0 saturated heterocycles. The lowest BCUT2D eigenvalue weighted by atomic mass is 10.0. The molecule has 18 heavy (non-hydrogen) atoms. The summed E-state index contributed by atoms with van der Waals surface area (Å²) < 4.78 is 3.14. The van der Waals surface area contributed by atoms with Crippen molar-refractivity contribution < 1.29 is 4.79 Å². The molecule has 0 aliphatic carbocycles. The average Bonchev–Trinajstić information content (AvgIpc) is 2.63. The number of primary amides is 1. The highest BCUT2D eigenvalue weighted by molar-refractivity contribution is 5.93. The topological polar surface area (TPSA) is 70.0 Å². The van der Waals surface area contributed by atoms with Crippen LogP contribution in [0, 0.1) is 6.92 Å². The van der Waals surface area contributed by atoms with E-state index in [1.807, 2.05) is 13.0 Å². The molecule has 1 aromatic carbocycles. The van der Waals surface area contributed by atoms with Gasteiger partial charge in [0.05, 0.1) is 6.54 Å². The average molecular weight is 245 g/mol. The molecule has 5 heteroatoms. The van der Waals surface area contributed by atoms with Crippen LogP contribution in [0.1, 0.15) is 21.5 Å². The zero-order valence-electron chi connectivity index (χ0n) is 10.4. The van der Waals surface area contributed by atoms with Gasteiger partial charge >= 0.3 is 5.69 Å². The van der Waals surface area contributed by atoms with Gasteiger partial charge in [-0.15, -0.1) is 0 Å². The Labute approximate surface area is 104 Å². The molecule has 0 unspecified atom stereocenters. The fourth-order valence-corrected chi connectivity index (χ4v) is 1.84. The summed E-state index contributed by atoms with van der Waals surface area (Å²) in [6, 6.07) is 5.25. The van der Waals surface area contributed by atoms with Gasteiger partial charge in [0.2, 0.25) is 5.91 Å². The van der Waals surface area contributed by atoms with Crippen molar-refractivity contribution >= 4 is 5.91 Å². The maximum Gasteiger partial charge on any atom is 0.328 e. The van der Waals surface area contributed by atoms with Crippen molar-refractivity contribution in [2.45, 2.75) is 13.5 Å². The van der Waals surface area contributed by atoms with E-state index >= 15 is 0 Å². The molecule has 0 fully saturated rings. The van der Waals surface area contributed by atoms with E-state index in [1.165, 1.54) is 4.57 Å². The first kappa shape index (κ1) is 12.2. The summed E-state index contributed by atoms with van der Waals surface area (Å²) in [5, 5.41) is 0. The molecule has 1 amide bonds. The van der Waals surface area contributed by atoms with Gasteiger partial charge in [0.25, 0.3) is 0 Å². The number of rotatable bonds is 3. The number of carbonyl (C=O) groups excluding carboxylic acids is 1. The van der Waals surface area contributed by atoms with Crippen LogP contribution in [0.4, 0.5) is 0 Å². The number of benzene rings is 1. The van der Waals surface area contributed by atoms with Crippen molar-refractivity contribution in [3.63, 3.8) is 0 Å². The third kappa shape index (κ3) is 2.20. The molecular weight excluding hydrogens is 230 g/mol. The smallest absolute Gasteiger partial charge is 0.328 e. The summed E-state index contributed by atoms with van der Waals surface area (Å²) in [6.45, 7) is 2.39. The lowest BCUT2D eigenvalue weighted by molar-refractivity contribution is 0.1000. The predicted octanol–water partition coefficient (Wildman–Crippen LogP) is 0.642. The second-order valence-corrected chi connectivity index (χ2v) is 4.33. The number of aromatic nitrogens is 2. The predicted molar refractivity (Wildman–Crippen MR) is 68.5 cm³/mol. The number of aryl methyl sites for hydroxylation is 2. The molecule has 1 aromatic heterocycles. The second kappa shape index (κ2) is 4.52. The Morgan fingerprint density at radius 2 is 2.06 bits per heavy atom. The lowest BCUT2D eigenvalue weighted by Crippen LogP contribution is -2.22. The van der Waals surface area contributed by atoms with Gasteiger partial charge in [-0.3, -0.25) is 9.36 Å². The minimum absolute atomic E-state index is 0.0617. The molecule has 0 aliphatic heterocycles. The molecule has 1 heterocycles. The standard InChI is InChI=1S/C13H15N3O2/c1-9-7-10(12(14)17)3-4-11(9)8-16-6-5-15(2)13(16)18/h3-7H,8H2,1-2H3,(H2,14,17). The fourth-order valence-electron chi connectivity index (χ4n) is 1.84. The molecular formula is C13H15N3O2. The van der Waals surface area contributed by atoms with E-state index in [-0.39, 0.29) is 5.69 Å².